The summed E-state index contributed by atoms with van der Waals surface area (Å²) >= 11 is 4.31. The molecule has 0 radical (unpaired) electrons. The smallest absolute Gasteiger partial charge is 0.353 e. The molecule has 0 bridgehead atoms. The van der Waals surface area contributed by atoms with Crippen LogP contribution in [0, 0.1) is 0 Å². The monoisotopic (exact) mass is 516 g/mol. The van der Waals surface area contributed by atoms with Gasteiger partial charge in [-0.25, -0.2) is 4.79 Å². The molecular formula is C23H24N4O4S3. The van der Waals surface area contributed by atoms with Crippen molar-refractivity contribution in [2.24, 2.45) is 5.73 Å². The van der Waals surface area contributed by atoms with Crippen molar-refractivity contribution < 1.29 is 19.5 Å². The normalized spacial score (nSPS) is 20.4. The maximum absolute atomic E-state index is 12.9. The number of hydrogen-bond acceptors (Lipinski definition) is 8. The second kappa shape index (κ2) is 10.9. The molecule has 8 nitrogen and oxygen atoms in total. The summed E-state index contributed by atoms with van der Waals surface area (Å²) in [5.41, 5.74) is 7.91. The van der Waals surface area contributed by atoms with Crippen molar-refractivity contribution in [2.45, 2.75) is 35.0 Å². The summed E-state index contributed by atoms with van der Waals surface area (Å²) in [6.07, 6.45) is 3.50. The predicted octanol–water partition coefficient (Wildman–Crippen LogP) is 2.82. The van der Waals surface area contributed by atoms with Crippen molar-refractivity contribution >= 4 is 53.1 Å². The minimum Gasteiger partial charge on any atom is -0.477 e. The van der Waals surface area contributed by atoms with Crippen LogP contribution in [0.3, 0.4) is 0 Å². The van der Waals surface area contributed by atoms with Gasteiger partial charge in [0.25, 0.3) is 5.91 Å². The van der Waals surface area contributed by atoms with Gasteiger partial charge in [-0.1, -0.05) is 49.0 Å². The highest BCUT2D eigenvalue weighted by atomic mass is 32.2. The van der Waals surface area contributed by atoms with Crippen molar-refractivity contribution in [3.63, 3.8) is 0 Å². The molecule has 1 aromatic carbocycles. The zero-order chi connectivity index (χ0) is 24.2. The van der Waals surface area contributed by atoms with E-state index in [4.69, 9.17) is 5.73 Å². The Labute approximate surface area is 210 Å². The molecule has 1 aromatic heterocycles. The van der Waals surface area contributed by atoms with Gasteiger partial charge in [0, 0.05) is 33.5 Å². The first-order valence-corrected chi connectivity index (χ1v) is 13.6. The molecule has 11 heteroatoms. The van der Waals surface area contributed by atoms with Crippen LogP contribution in [0.1, 0.15) is 23.4 Å². The number of carboxylic acids is 1. The summed E-state index contributed by atoms with van der Waals surface area (Å²) < 4.78 is 0. The molecule has 3 heterocycles. The average Bonchev–Trinajstić information content (AvgIpc) is 2.83. The van der Waals surface area contributed by atoms with Gasteiger partial charge in [-0.3, -0.25) is 19.5 Å². The first-order chi connectivity index (χ1) is 16.4. The van der Waals surface area contributed by atoms with Crippen LogP contribution < -0.4 is 11.1 Å². The molecule has 34 heavy (non-hydrogen) atoms. The van der Waals surface area contributed by atoms with Crippen molar-refractivity contribution in [3.05, 3.63) is 70.5 Å². The quantitative estimate of drug-likeness (QED) is 0.341. The Kier molecular flexibility index (Phi) is 7.87. The molecule has 3 atom stereocenters. The van der Waals surface area contributed by atoms with E-state index in [1.54, 1.807) is 24.2 Å². The topological polar surface area (TPSA) is 126 Å². The maximum Gasteiger partial charge on any atom is 0.353 e. The lowest BCUT2D eigenvalue weighted by Gasteiger charge is -2.49. The first kappa shape index (κ1) is 24.6. The molecule has 2 aromatic rings. The summed E-state index contributed by atoms with van der Waals surface area (Å²) in [5.74, 6) is -0.612. The molecule has 178 valence electrons. The summed E-state index contributed by atoms with van der Waals surface area (Å²) in [6, 6.07) is 10.3. The summed E-state index contributed by atoms with van der Waals surface area (Å²) in [4.78, 5) is 44.4. The molecule has 0 saturated carbocycles. The van der Waals surface area contributed by atoms with Crippen LogP contribution in [0.2, 0.25) is 0 Å². The number of nitrogens with one attached hydrogen (secondary N) is 1. The Balaban J connectivity index is 1.51. The minimum atomic E-state index is -1.17. The highest BCUT2D eigenvalue weighted by molar-refractivity contribution is 8.06. The fourth-order valence-corrected chi connectivity index (χ4v) is 7.19. The van der Waals surface area contributed by atoms with Crippen LogP contribution in [0.5, 0.6) is 0 Å². The summed E-state index contributed by atoms with van der Waals surface area (Å²) in [5, 5.41) is 12.0. The van der Waals surface area contributed by atoms with E-state index in [1.165, 1.54) is 28.4 Å². The van der Waals surface area contributed by atoms with Crippen LogP contribution in [0.15, 0.2) is 64.3 Å². The lowest BCUT2D eigenvalue weighted by atomic mass is 10.0. The lowest BCUT2D eigenvalue weighted by Crippen LogP contribution is -2.70. The number of nitrogens with zero attached hydrogens (tertiary/aromatic N) is 2. The number of thioether (sulfide) groups is 3. The first-order valence-electron chi connectivity index (χ1n) is 10.6. The Morgan fingerprint density at radius 1 is 1.32 bits per heavy atom. The van der Waals surface area contributed by atoms with Gasteiger partial charge in [0.05, 0.1) is 11.8 Å². The van der Waals surface area contributed by atoms with Crippen molar-refractivity contribution in [2.75, 3.05) is 11.5 Å². The molecule has 1 saturated heterocycles. The van der Waals surface area contributed by atoms with E-state index in [9.17, 15) is 19.5 Å². The van der Waals surface area contributed by atoms with E-state index >= 15 is 0 Å². The number of benzene rings is 1. The number of nitrogens with two attached hydrogens (primary N) is 1. The second-order valence-corrected chi connectivity index (χ2v) is 11.2. The van der Waals surface area contributed by atoms with E-state index in [2.05, 4.69) is 10.3 Å². The number of pyridine rings is 1. The third-order valence-electron chi connectivity index (χ3n) is 5.36. The zero-order valence-electron chi connectivity index (χ0n) is 18.3. The molecule has 2 aliphatic rings. The van der Waals surface area contributed by atoms with Gasteiger partial charge in [-0.15, -0.1) is 23.5 Å². The Morgan fingerprint density at radius 2 is 2.09 bits per heavy atom. The minimum absolute atomic E-state index is 0.0354. The van der Waals surface area contributed by atoms with E-state index in [-0.39, 0.29) is 23.4 Å². The summed E-state index contributed by atoms with van der Waals surface area (Å²) in [7, 11) is 0. The number of amides is 2. The van der Waals surface area contributed by atoms with E-state index in [0.717, 1.165) is 21.8 Å². The maximum atomic E-state index is 12.9. The number of aliphatic carboxylic acids is 1. The van der Waals surface area contributed by atoms with Crippen molar-refractivity contribution in [1.82, 2.24) is 15.2 Å². The molecular weight excluding hydrogens is 492 g/mol. The average molecular weight is 517 g/mol. The third-order valence-corrected chi connectivity index (χ3v) is 8.94. The Morgan fingerprint density at radius 3 is 2.79 bits per heavy atom. The fourth-order valence-electron chi connectivity index (χ4n) is 3.78. The number of carbonyl (C=O) groups is 3. The zero-order valence-corrected chi connectivity index (χ0v) is 20.8. The molecule has 1 fully saturated rings. The highest BCUT2D eigenvalue weighted by Gasteiger charge is 2.54. The SMILES string of the molecule is CCSC(N)c1cnccc1SC1=C(C(=O)O)N2C(=O)C(NC(=O)Cc3ccccc3)[C@@H]2SC1. The molecule has 4 rings (SSSR count). The molecule has 2 amide bonds. The van der Waals surface area contributed by atoms with E-state index in [1.807, 2.05) is 43.3 Å². The van der Waals surface area contributed by atoms with Gasteiger partial charge in [0.1, 0.15) is 17.1 Å². The number of aromatic nitrogens is 1. The fraction of sp³-hybridized carbons (Fsp3) is 0.304. The van der Waals surface area contributed by atoms with Crippen molar-refractivity contribution in [3.8, 4) is 0 Å². The van der Waals surface area contributed by atoms with Gasteiger partial charge < -0.3 is 16.2 Å². The molecule has 0 spiro atoms. The number of β-lactam (4-membered cyclic amide) rings is 1. The molecule has 0 aliphatic carbocycles. The van der Waals surface area contributed by atoms with Gasteiger partial charge in [-0.05, 0) is 17.4 Å². The predicted molar refractivity (Wildman–Crippen MR) is 135 cm³/mol. The standard InChI is InChI=1S/C23H24N4O4S3/c1-2-32-20(24)14-11-25-9-8-15(14)34-16-12-33-22-18(21(29)27(22)19(16)23(30)31)26-17(28)10-13-6-4-3-5-7-13/h3-9,11,18,20,22H,2,10,12,24H2,1H3,(H,26,28)(H,30,31)/t18?,20?,22-/m0/s1. The molecule has 2 aliphatic heterocycles. The van der Waals surface area contributed by atoms with Crippen molar-refractivity contribution in [1.29, 1.82) is 0 Å². The van der Waals surface area contributed by atoms with Crippen LogP contribution in [-0.4, -0.2) is 55.7 Å². The second-order valence-electron chi connectivity index (χ2n) is 7.59. The number of hydrogen-bond donors (Lipinski definition) is 3. The largest absolute Gasteiger partial charge is 0.477 e. The third kappa shape index (κ3) is 5.12. The van der Waals surface area contributed by atoms with Crippen LogP contribution in [0.4, 0.5) is 0 Å². The van der Waals surface area contributed by atoms with Crippen LogP contribution in [0.25, 0.3) is 0 Å². The summed E-state index contributed by atoms with van der Waals surface area (Å²) in [6.45, 7) is 2.02. The van der Waals surface area contributed by atoms with Crippen LogP contribution in [-0.2, 0) is 20.8 Å². The lowest BCUT2D eigenvalue weighted by molar-refractivity contribution is -0.150. The van der Waals surface area contributed by atoms with Gasteiger partial charge in [-0.2, -0.15) is 0 Å². The Bertz CT molecular complexity index is 1130. The number of rotatable bonds is 9. The van der Waals surface area contributed by atoms with Gasteiger partial charge >= 0.3 is 5.97 Å². The molecule has 4 N–H and O–H groups in total. The number of fused-ring (bicyclic) bond motifs is 1. The Hall–Kier alpha value is -2.47. The van der Waals surface area contributed by atoms with Crippen LogP contribution >= 0.6 is 35.3 Å². The molecule has 2 unspecified atom stereocenters. The number of carboxylic acid groups (broad SMARTS) is 1. The van der Waals surface area contributed by atoms with Gasteiger partial charge in [0.15, 0.2) is 0 Å². The van der Waals surface area contributed by atoms with E-state index < -0.39 is 23.3 Å². The highest BCUT2D eigenvalue weighted by Crippen LogP contribution is 2.46. The van der Waals surface area contributed by atoms with E-state index in [0.29, 0.717) is 10.7 Å². The number of carbonyl (C=O) groups excluding carboxylic acids is 2. The van der Waals surface area contributed by atoms with Gasteiger partial charge in [0.2, 0.25) is 5.91 Å².